The van der Waals surface area contributed by atoms with Crippen LogP contribution in [-0.4, -0.2) is 17.4 Å². The van der Waals surface area contributed by atoms with E-state index in [2.05, 4.69) is 31.9 Å². The first-order valence-corrected chi connectivity index (χ1v) is 8.50. The van der Waals surface area contributed by atoms with Crippen LogP contribution in [0.4, 0.5) is 5.69 Å². The van der Waals surface area contributed by atoms with Gasteiger partial charge < -0.3 is 10.6 Å². The summed E-state index contributed by atoms with van der Waals surface area (Å²) in [4.78, 5) is 15.0. The summed E-state index contributed by atoms with van der Waals surface area (Å²) < 4.78 is 1.84. The van der Waals surface area contributed by atoms with Crippen LogP contribution in [-0.2, 0) is 6.54 Å². The smallest absolute Gasteiger partial charge is 0.264 e. The Morgan fingerprint density at radius 3 is 2.65 bits per heavy atom. The maximum Gasteiger partial charge on any atom is 0.264 e. The maximum atomic E-state index is 12.5. The summed E-state index contributed by atoms with van der Waals surface area (Å²) >= 11 is 8.26. The molecule has 0 saturated heterocycles. The van der Waals surface area contributed by atoms with Crippen LogP contribution in [0.3, 0.4) is 0 Å². The second kappa shape index (κ2) is 6.74. The highest BCUT2D eigenvalue weighted by atomic mass is 79.9. The summed E-state index contributed by atoms with van der Waals surface area (Å²) in [6.07, 6.45) is 0. The van der Waals surface area contributed by atoms with Crippen LogP contribution >= 0.6 is 43.2 Å². The van der Waals surface area contributed by atoms with Gasteiger partial charge in [-0.2, -0.15) is 0 Å². The van der Waals surface area contributed by atoms with Gasteiger partial charge in [0.05, 0.1) is 8.66 Å². The Hall–Kier alpha value is -0.850. The third kappa shape index (κ3) is 3.62. The standard InChI is InChI=1S/C14H14Br2N2OS/c1-2-18(8-9-4-3-5-10(17)6-9)14(19)12-7-11(15)13(16)20-12/h3-7H,2,8,17H2,1H3. The van der Waals surface area contributed by atoms with Crippen molar-refractivity contribution in [2.45, 2.75) is 13.5 Å². The molecule has 1 heterocycles. The lowest BCUT2D eigenvalue weighted by atomic mass is 10.2. The van der Waals surface area contributed by atoms with Gasteiger partial charge in [-0.1, -0.05) is 12.1 Å². The van der Waals surface area contributed by atoms with Crippen molar-refractivity contribution < 1.29 is 4.79 Å². The lowest BCUT2D eigenvalue weighted by Crippen LogP contribution is -2.29. The van der Waals surface area contributed by atoms with Gasteiger partial charge in [-0.25, -0.2) is 0 Å². The van der Waals surface area contributed by atoms with Crippen LogP contribution in [0.2, 0.25) is 0 Å². The Bertz CT molecular complexity index is 608. The van der Waals surface area contributed by atoms with Gasteiger partial charge in [0.1, 0.15) is 0 Å². The molecule has 0 aliphatic rings. The summed E-state index contributed by atoms with van der Waals surface area (Å²) in [5.41, 5.74) is 7.52. The molecule has 1 aromatic heterocycles. The van der Waals surface area contributed by atoms with Gasteiger partial charge in [-0.15, -0.1) is 11.3 Å². The van der Waals surface area contributed by atoms with E-state index < -0.39 is 0 Å². The summed E-state index contributed by atoms with van der Waals surface area (Å²) in [7, 11) is 0. The number of anilines is 1. The van der Waals surface area contributed by atoms with E-state index in [1.807, 2.05) is 37.3 Å². The highest BCUT2D eigenvalue weighted by Gasteiger charge is 2.18. The van der Waals surface area contributed by atoms with Gasteiger partial charge in [0, 0.05) is 23.2 Å². The van der Waals surface area contributed by atoms with E-state index in [1.54, 1.807) is 4.90 Å². The predicted octanol–water partition coefficient (Wildman–Crippen LogP) is 4.52. The molecule has 3 nitrogen and oxygen atoms in total. The topological polar surface area (TPSA) is 46.3 Å². The van der Waals surface area contributed by atoms with E-state index in [-0.39, 0.29) is 5.91 Å². The first-order valence-electron chi connectivity index (χ1n) is 6.09. The van der Waals surface area contributed by atoms with Crippen molar-refractivity contribution in [1.29, 1.82) is 0 Å². The fraction of sp³-hybridized carbons (Fsp3) is 0.214. The first kappa shape index (κ1) is 15.5. The molecule has 1 aromatic carbocycles. The molecule has 20 heavy (non-hydrogen) atoms. The van der Waals surface area contributed by atoms with Gasteiger partial charge in [0.25, 0.3) is 5.91 Å². The molecule has 6 heteroatoms. The van der Waals surface area contributed by atoms with E-state index in [1.165, 1.54) is 11.3 Å². The summed E-state index contributed by atoms with van der Waals surface area (Å²) in [6, 6.07) is 9.47. The van der Waals surface area contributed by atoms with Crippen LogP contribution in [0.25, 0.3) is 0 Å². The summed E-state index contributed by atoms with van der Waals surface area (Å²) in [5, 5.41) is 0. The van der Waals surface area contributed by atoms with Crippen molar-refractivity contribution in [3.63, 3.8) is 0 Å². The quantitative estimate of drug-likeness (QED) is 0.743. The number of thiophene rings is 1. The second-order valence-corrected chi connectivity index (χ2v) is 7.52. The molecule has 0 radical (unpaired) electrons. The number of hydrogen-bond donors (Lipinski definition) is 1. The van der Waals surface area contributed by atoms with Crippen LogP contribution < -0.4 is 5.73 Å². The summed E-state index contributed by atoms with van der Waals surface area (Å²) in [5.74, 6) is 0.0336. The maximum absolute atomic E-state index is 12.5. The van der Waals surface area contributed by atoms with Crippen molar-refractivity contribution >= 4 is 54.8 Å². The molecule has 106 valence electrons. The minimum Gasteiger partial charge on any atom is -0.399 e. The number of rotatable bonds is 4. The number of halogens is 2. The molecule has 0 atom stereocenters. The average molecular weight is 418 g/mol. The minimum absolute atomic E-state index is 0.0336. The number of nitrogens with two attached hydrogens (primary N) is 1. The molecular formula is C14H14Br2N2OS. The molecule has 0 fully saturated rings. The number of carbonyl (C=O) groups is 1. The van der Waals surface area contributed by atoms with Crippen molar-refractivity contribution in [3.8, 4) is 0 Å². The zero-order valence-corrected chi connectivity index (χ0v) is 14.9. The fourth-order valence-electron chi connectivity index (χ4n) is 1.85. The van der Waals surface area contributed by atoms with Crippen molar-refractivity contribution in [2.75, 3.05) is 12.3 Å². The average Bonchev–Trinajstić information content (AvgIpc) is 2.75. The van der Waals surface area contributed by atoms with Crippen LogP contribution in [0.1, 0.15) is 22.2 Å². The Kier molecular flexibility index (Phi) is 5.23. The van der Waals surface area contributed by atoms with Gasteiger partial charge in [0.2, 0.25) is 0 Å². The van der Waals surface area contributed by atoms with Gasteiger partial charge >= 0.3 is 0 Å². The van der Waals surface area contributed by atoms with E-state index >= 15 is 0 Å². The molecule has 1 amide bonds. The van der Waals surface area contributed by atoms with Gasteiger partial charge in [0.15, 0.2) is 0 Å². The van der Waals surface area contributed by atoms with Crippen molar-refractivity contribution in [1.82, 2.24) is 4.90 Å². The number of amides is 1. The zero-order valence-electron chi connectivity index (χ0n) is 10.9. The summed E-state index contributed by atoms with van der Waals surface area (Å²) in [6.45, 7) is 3.19. The van der Waals surface area contributed by atoms with Crippen molar-refractivity contribution in [2.24, 2.45) is 0 Å². The Morgan fingerprint density at radius 2 is 2.10 bits per heavy atom. The zero-order chi connectivity index (χ0) is 14.7. The SMILES string of the molecule is CCN(Cc1cccc(N)c1)C(=O)c1cc(Br)c(Br)s1. The normalized spacial score (nSPS) is 10.6. The minimum atomic E-state index is 0.0336. The van der Waals surface area contributed by atoms with E-state index in [4.69, 9.17) is 5.73 Å². The monoisotopic (exact) mass is 416 g/mol. The largest absolute Gasteiger partial charge is 0.399 e. The molecule has 2 aromatic rings. The molecule has 0 unspecified atom stereocenters. The van der Waals surface area contributed by atoms with Gasteiger partial charge in [-0.3, -0.25) is 4.79 Å². The molecule has 2 rings (SSSR count). The molecule has 0 aliphatic carbocycles. The molecule has 0 aliphatic heterocycles. The third-order valence-corrected chi connectivity index (χ3v) is 6.09. The molecule has 2 N–H and O–H groups in total. The molecule has 0 saturated carbocycles. The number of nitrogens with zero attached hydrogens (tertiary/aromatic N) is 1. The van der Waals surface area contributed by atoms with Crippen molar-refractivity contribution in [3.05, 3.63) is 49.0 Å². The third-order valence-electron chi connectivity index (χ3n) is 2.85. The Morgan fingerprint density at radius 1 is 1.35 bits per heavy atom. The van der Waals surface area contributed by atoms with E-state index in [0.717, 1.165) is 18.7 Å². The molecule has 0 bridgehead atoms. The van der Waals surface area contributed by atoms with Crippen LogP contribution in [0.5, 0.6) is 0 Å². The molecular weight excluding hydrogens is 404 g/mol. The van der Waals surface area contributed by atoms with E-state index in [0.29, 0.717) is 18.8 Å². The first-order chi connectivity index (χ1) is 9.51. The second-order valence-electron chi connectivity index (χ2n) is 4.30. The highest BCUT2D eigenvalue weighted by Crippen LogP contribution is 2.33. The number of benzene rings is 1. The lowest BCUT2D eigenvalue weighted by Gasteiger charge is -2.20. The number of carbonyl (C=O) groups excluding carboxylic acids is 1. The number of hydrogen-bond acceptors (Lipinski definition) is 3. The van der Waals surface area contributed by atoms with Crippen LogP contribution in [0.15, 0.2) is 38.6 Å². The van der Waals surface area contributed by atoms with Gasteiger partial charge in [-0.05, 0) is 62.5 Å². The van der Waals surface area contributed by atoms with Crippen LogP contribution in [0, 0.1) is 0 Å². The fourth-order valence-corrected chi connectivity index (χ4v) is 3.85. The van der Waals surface area contributed by atoms with E-state index in [9.17, 15) is 4.79 Å². The highest BCUT2D eigenvalue weighted by molar-refractivity contribution is 9.13. The molecule has 0 spiro atoms. The Labute approximate surface area is 139 Å². The lowest BCUT2D eigenvalue weighted by molar-refractivity contribution is 0.0757. The predicted molar refractivity (Wildman–Crippen MR) is 91.0 cm³/mol. The Balaban J connectivity index is 2.17. The number of nitrogen functional groups attached to an aromatic ring is 1.